The number of hydrogen-bond donors (Lipinski definition) is 1. The Hall–Kier alpha value is -1.06. The summed E-state index contributed by atoms with van der Waals surface area (Å²) in [6.45, 7) is 5.55. The number of fused-ring (bicyclic) bond motifs is 1. The second-order valence-corrected chi connectivity index (χ2v) is 6.17. The van der Waals surface area contributed by atoms with Crippen LogP contribution in [0.3, 0.4) is 0 Å². The van der Waals surface area contributed by atoms with Gasteiger partial charge < -0.3 is 15.0 Å². The van der Waals surface area contributed by atoms with Gasteiger partial charge in [0, 0.05) is 18.5 Å². The number of ether oxygens (including phenoxy) is 1. The van der Waals surface area contributed by atoms with Gasteiger partial charge in [-0.3, -0.25) is 0 Å². The van der Waals surface area contributed by atoms with Crippen molar-refractivity contribution in [3.8, 4) is 5.75 Å². The zero-order valence-corrected chi connectivity index (χ0v) is 12.7. The highest BCUT2D eigenvalue weighted by Crippen LogP contribution is 2.29. The van der Waals surface area contributed by atoms with Crippen molar-refractivity contribution in [3.05, 3.63) is 29.3 Å². The molecule has 1 unspecified atom stereocenters. The summed E-state index contributed by atoms with van der Waals surface area (Å²) in [4.78, 5) is 2.42. The van der Waals surface area contributed by atoms with E-state index in [0.29, 0.717) is 12.1 Å². The van der Waals surface area contributed by atoms with Crippen molar-refractivity contribution >= 4 is 0 Å². The molecule has 1 aromatic rings. The largest absolute Gasteiger partial charge is 0.493 e. The minimum atomic E-state index is 0.481. The number of benzene rings is 1. The van der Waals surface area contributed by atoms with Gasteiger partial charge in [0.1, 0.15) is 5.75 Å². The number of nitrogens with one attached hydrogen (secondary N) is 1. The Kier molecular flexibility index (Phi) is 4.27. The summed E-state index contributed by atoms with van der Waals surface area (Å²) >= 11 is 0. The molecule has 0 bridgehead atoms. The third-order valence-electron chi connectivity index (χ3n) is 4.68. The SMILES string of the molecule is CCC(NC1CCN(C)CC1)c1ccc2c(c1)CCO2. The molecule has 2 aliphatic heterocycles. The molecule has 20 heavy (non-hydrogen) atoms. The molecular weight excluding hydrogens is 248 g/mol. The average molecular weight is 274 g/mol. The maximum atomic E-state index is 5.60. The lowest BCUT2D eigenvalue weighted by Gasteiger charge is -2.32. The van der Waals surface area contributed by atoms with Crippen molar-refractivity contribution in [2.24, 2.45) is 0 Å². The summed E-state index contributed by atoms with van der Waals surface area (Å²) in [6.07, 6.45) is 4.74. The molecule has 0 amide bonds. The van der Waals surface area contributed by atoms with Crippen molar-refractivity contribution in [2.45, 2.75) is 44.7 Å². The molecule has 1 fully saturated rings. The Balaban J connectivity index is 1.67. The molecule has 1 N–H and O–H groups in total. The first-order valence-electron chi connectivity index (χ1n) is 7.96. The summed E-state index contributed by atoms with van der Waals surface area (Å²) in [5.74, 6) is 1.09. The predicted molar refractivity (Wildman–Crippen MR) is 82.3 cm³/mol. The minimum Gasteiger partial charge on any atom is -0.493 e. The maximum Gasteiger partial charge on any atom is 0.122 e. The van der Waals surface area contributed by atoms with E-state index in [1.54, 1.807) is 0 Å². The molecule has 0 saturated carbocycles. The van der Waals surface area contributed by atoms with Gasteiger partial charge in [0.15, 0.2) is 0 Å². The molecule has 1 saturated heterocycles. The molecule has 3 nitrogen and oxygen atoms in total. The van der Waals surface area contributed by atoms with Crippen LogP contribution < -0.4 is 10.1 Å². The maximum absolute atomic E-state index is 5.60. The van der Waals surface area contributed by atoms with E-state index in [0.717, 1.165) is 25.2 Å². The van der Waals surface area contributed by atoms with Crippen LogP contribution in [0.1, 0.15) is 43.4 Å². The second-order valence-electron chi connectivity index (χ2n) is 6.17. The topological polar surface area (TPSA) is 24.5 Å². The fraction of sp³-hybridized carbons (Fsp3) is 0.647. The summed E-state index contributed by atoms with van der Waals surface area (Å²) in [5.41, 5.74) is 2.81. The van der Waals surface area contributed by atoms with Gasteiger partial charge in [-0.2, -0.15) is 0 Å². The first-order valence-corrected chi connectivity index (χ1v) is 7.96. The van der Waals surface area contributed by atoms with Crippen LogP contribution in [-0.2, 0) is 6.42 Å². The third-order valence-corrected chi connectivity index (χ3v) is 4.68. The first-order chi connectivity index (χ1) is 9.76. The molecule has 2 aliphatic rings. The molecule has 1 aromatic carbocycles. The second kappa shape index (κ2) is 6.15. The monoisotopic (exact) mass is 274 g/mol. The Morgan fingerprint density at radius 3 is 2.90 bits per heavy atom. The smallest absolute Gasteiger partial charge is 0.122 e. The molecule has 0 aromatic heterocycles. The van der Waals surface area contributed by atoms with Crippen LogP contribution in [-0.4, -0.2) is 37.7 Å². The first kappa shape index (κ1) is 13.9. The fourth-order valence-corrected chi connectivity index (χ4v) is 3.33. The summed E-state index contributed by atoms with van der Waals surface area (Å²) in [7, 11) is 2.22. The van der Waals surface area contributed by atoms with Crippen LogP contribution in [0, 0.1) is 0 Å². The van der Waals surface area contributed by atoms with E-state index in [1.807, 2.05) is 0 Å². The lowest BCUT2D eigenvalue weighted by molar-refractivity contribution is 0.223. The van der Waals surface area contributed by atoms with Crippen LogP contribution >= 0.6 is 0 Å². The average Bonchev–Trinajstić information content (AvgIpc) is 2.94. The van der Waals surface area contributed by atoms with Gasteiger partial charge in [0.2, 0.25) is 0 Å². The Bertz CT molecular complexity index is 452. The van der Waals surface area contributed by atoms with E-state index in [-0.39, 0.29) is 0 Å². The molecule has 3 rings (SSSR count). The van der Waals surface area contributed by atoms with Gasteiger partial charge >= 0.3 is 0 Å². The minimum absolute atomic E-state index is 0.481. The van der Waals surface area contributed by atoms with E-state index in [2.05, 4.69) is 42.4 Å². The quantitative estimate of drug-likeness (QED) is 0.913. The standard InChI is InChI=1S/C17H26N2O/c1-3-16(18-15-6-9-19(2)10-7-15)13-4-5-17-14(12-13)8-11-20-17/h4-5,12,15-16,18H,3,6-11H2,1-2H3. The summed E-state index contributed by atoms with van der Waals surface area (Å²) in [5, 5.41) is 3.87. The van der Waals surface area contributed by atoms with Crippen LogP contribution in [0.5, 0.6) is 5.75 Å². The van der Waals surface area contributed by atoms with Crippen molar-refractivity contribution in [1.82, 2.24) is 10.2 Å². The highest BCUT2D eigenvalue weighted by molar-refractivity contribution is 5.40. The molecule has 110 valence electrons. The highest BCUT2D eigenvalue weighted by atomic mass is 16.5. The van der Waals surface area contributed by atoms with E-state index < -0.39 is 0 Å². The van der Waals surface area contributed by atoms with Crippen molar-refractivity contribution in [2.75, 3.05) is 26.7 Å². The van der Waals surface area contributed by atoms with E-state index in [9.17, 15) is 0 Å². The molecule has 0 radical (unpaired) electrons. The van der Waals surface area contributed by atoms with Crippen LogP contribution in [0.15, 0.2) is 18.2 Å². The number of nitrogens with zero attached hydrogens (tertiary/aromatic N) is 1. The molecule has 2 heterocycles. The zero-order chi connectivity index (χ0) is 13.9. The van der Waals surface area contributed by atoms with Gasteiger partial charge in [0.05, 0.1) is 6.61 Å². The van der Waals surface area contributed by atoms with E-state index in [1.165, 1.54) is 37.1 Å². The van der Waals surface area contributed by atoms with Crippen molar-refractivity contribution in [3.63, 3.8) is 0 Å². The van der Waals surface area contributed by atoms with Gasteiger partial charge in [-0.1, -0.05) is 19.1 Å². The molecule has 0 aliphatic carbocycles. The van der Waals surface area contributed by atoms with Crippen molar-refractivity contribution in [1.29, 1.82) is 0 Å². The summed E-state index contributed by atoms with van der Waals surface area (Å²) in [6, 6.07) is 7.88. The van der Waals surface area contributed by atoms with Crippen LogP contribution in [0.25, 0.3) is 0 Å². The Morgan fingerprint density at radius 2 is 2.15 bits per heavy atom. The number of rotatable bonds is 4. The van der Waals surface area contributed by atoms with Gasteiger partial charge in [-0.25, -0.2) is 0 Å². The molecular formula is C17H26N2O. The normalized spacial score (nSPS) is 21.5. The number of hydrogen-bond acceptors (Lipinski definition) is 3. The van der Waals surface area contributed by atoms with Gasteiger partial charge in [-0.15, -0.1) is 0 Å². The van der Waals surface area contributed by atoms with E-state index >= 15 is 0 Å². The van der Waals surface area contributed by atoms with Crippen LogP contribution in [0.2, 0.25) is 0 Å². The molecule has 0 spiro atoms. The lowest BCUT2D eigenvalue weighted by Crippen LogP contribution is -2.42. The highest BCUT2D eigenvalue weighted by Gasteiger charge is 2.21. The third kappa shape index (κ3) is 2.99. The zero-order valence-electron chi connectivity index (χ0n) is 12.7. The van der Waals surface area contributed by atoms with Gasteiger partial charge in [0.25, 0.3) is 0 Å². The van der Waals surface area contributed by atoms with Crippen LogP contribution in [0.4, 0.5) is 0 Å². The van der Waals surface area contributed by atoms with E-state index in [4.69, 9.17) is 4.74 Å². The summed E-state index contributed by atoms with van der Waals surface area (Å²) < 4.78 is 5.60. The Labute approximate surface area is 122 Å². The predicted octanol–water partition coefficient (Wildman–Crippen LogP) is 2.76. The Morgan fingerprint density at radius 1 is 1.35 bits per heavy atom. The number of likely N-dealkylation sites (tertiary alicyclic amines) is 1. The van der Waals surface area contributed by atoms with Gasteiger partial charge in [-0.05, 0) is 56.6 Å². The molecule has 3 heteroatoms. The van der Waals surface area contributed by atoms with Crippen molar-refractivity contribution < 1.29 is 4.74 Å². The lowest BCUT2D eigenvalue weighted by atomic mass is 9.97. The number of piperidine rings is 1. The fourth-order valence-electron chi connectivity index (χ4n) is 3.33. The molecule has 1 atom stereocenters.